The van der Waals surface area contributed by atoms with E-state index in [1.54, 1.807) is 6.20 Å². The van der Waals surface area contributed by atoms with Crippen LogP contribution in [0.2, 0.25) is 5.02 Å². The van der Waals surface area contributed by atoms with E-state index in [9.17, 15) is 4.39 Å². The van der Waals surface area contributed by atoms with Gasteiger partial charge in [-0.1, -0.05) is 23.7 Å². The number of nitrogens with zero attached hydrogens (tertiary/aromatic N) is 8. The molecule has 0 radical (unpaired) electrons. The number of alkyl halides is 1. The molecule has 11 heteroatoms. The van der Waals surface area contributed by atoms with Gasteiger partial charge >= 0.3 is 0 Å². The molecule has 0 aliphatic carbocycles. The molecule has 3 unspecified atom stereocenters. The van der Waals surface area contributed by atoms with Crippen LogP contribution < -0.4 is 4.90 Å². The Labute approximate surface area is 274 Å². The molecule has 5 aliphatic heterocycles. The summed E-state index contributed by atoms with van der Waals surface area (Å²) >= 11 is 6.73. The Morgan fingerprint density at radius 3 is 2.70 bits per heavy atom. The van der Waals surface area contributed by atoms with E-state index in [-0.39, 0.29) is 0 Å². The molecule has 3 atom stereocenters. The van der Waals surface area contributed by atoms with E-state index in [2.05, 4.69) is 36.3 Å². The predicted molar refractivity (Wildman–Crippen MR) is 178 cm³/mol. The Kier molecular flexibility index (Phi) is 9.19. The van der Waals surface area contributed by atoms with Crippen LogP contribution in [0.1, 0.15) is 74.5 Å². The Hall–Kier alpha value is -3.24. The molecule has 4 aromatic rings. The molecule has 3 saturated heterocycles. The van der Waals surface area contributed by atoms with E-state index in [1.807, 2.05) is 30.7 Å². The number of hydrogen-bond donors (Lipinski definition) is 0. The van der Waals surface area contributed by atoms with Crippen LogP contribution in [0.15, 0.2) is 24.5 Å². The summed E-state index contributed by atoms with van der Waals surface area (Å²) in [6.45, 7) is 8.34. The van der Waals surface area contributed by atoms with Crippen LogP contribution in [0, 0.1) is 18.7 Å². The van der Waals surface area contributed by atoms with Crippen molar-refractivity contribution in [1.82, 2.24) is 34.8 Å². The summed E-state index contributed by atoms with van der Waals surface area (Å²) < 4.78 is 30.9. The third-order valence-corrected chi connectivity index (χ3v) is 10.4. The van der Waals surface area contributed by atoms with Gasteiger partial charge in [-0.3, -0.25) is 14.6 Å². The van der Waals surface area contributed by atoms with Gasteiger partial charge < -0.3 is 4.90 Å². The molecule has 1 aromatic carbocycles. The molecular formula is C35H43ClF2N8. The number of benzene rings is 1. The topological polar surface area (TPSA) is 75.9 Å². The number of halogens is 3. The fraction of sp³-hybridized carbons (Fsp3) is 0.571. The van der Waals surface area contributed by atoms with Crippen molar-refractivity contribution in [1.29, 1.82) is 0 Å². The number of aryl methyl sites for hydroxylation is 3. The summed E-state index contributed by atoms with van der Waals surface area (Å²) in [5.41, 5.74) is 4.29. The molecule has 0 spiro atoms. The molecule has 244 valence electrons. The van der Waals surface area contributed by atoms with Crippen molar-refractivity contribution in [3.05, 3.63) is 58.0 Å². The van der Waals surface area contributed by atoms with Gasteiger partial charge in [-0.25, -0.2) is 18.7 Å². The van der Waals surface area contributed by atoms with Gasteiger partial charge in [0, 0.05) is 61.6 Å². The molecule has 3 fully saturated rings. The number of anilines is 1. The zero-order valence-corrected chi connectivity index (χ0v) is 27.6. The normalized spacial score (nSPS) is 23.2. The van der Waals surface area contributed by atoms with Gasteiger partial charge in [-0.05, 0) is 100 Å². The SMILES string of the molecule is CCc1nc2c3cnc(c(F)c3n1)-c1cc(C)cc(Cl)c1CCCCc1cn(nn1)CC1CCCN2C1.FC1CC2CCCN2C1. The van der Waals surface area contributed by atoms with Gasteiger partial charge in [0.1, 0.15) is 29.0 Å². The second-order valence-corrected chi connectivity index (χ2v) is 13.9. The summed E-state index contributed by atoms with van der Waals surface area (Å²) in [6, 6.07) is 4.54. The maximum Gasteiger partial charge on any atom is 0.175 e. The summed E-state index contributed by atoms with van der Waals surface area (Å²) in [5, 5.41) is 10.1. The van der Waals surface area contributed by atoms with Crippen LogP contribution >= 0.6 is 11.6 Å². The average molecular weight is 649 g/mol. The first kappa shape index (κ1) is 31.4. The van der Waals surface area contributed by atoms with Crippen LogP contribution in [0.3, 0.4) is 0 Å². The van der Waals surface area contributed by atoms with Crippen LogP contribution in [0.5, 0.6) is 0 Å². The maximum atomic E-state index is 16.3. The van der Waals surface area contributed by atoms with Crippen molar-refractivity contribution in [2.24, 2.45) is 5.92 Å². The first-order valence-electron chi connectivity index (χ1n) is 17.0. The Morgan fingerprint density at radius 2 is 1.85 bits per heavy atom. The number of fused-ring (bicyclic) bond motifs is 5. The predicted octanol–water partition coefficient (Wildman–Crippen LogP) is 6.93. The molecule has 46 heavy (non-hydrogen) atoms. The standard InChI is InChI=1S/C28H31ClFN7.C7H12FN/c1-3-24-32-27-22-13-31-26(25(27)30)21-11-17(2)12-23(29)20(21)9-5-4-8-19-16-37(35-34-19)15-18-7-6-10-36(14-18)28(22)33-24;8-6-4-7-2-1-3-9(7)5-6/h11-13,16,18H,3-10,14-15H2,1-2H3;6-7H,1-5H2. The van der Waals surface area contributed by atoms with Gasteiger partial charge in [0.25, 0.3) is 0 Å². The lowest BCUT2D eigenvalue weighted by Gasteiger charge is -2.34. The molecular weight excluding hydrogens is 606 g/mol. The summed E-state index contributed by atoms with van der Waals surface area (Å²) in [7, 11) is 0. The molecule has 3 aromatic heterocycles. The van der Waals surface area contributed by atoms with Gasteiger partial charge in [0.05, 0.1) is 11.1 Å². The monoisotopic (exact) mass is 648 g/mol. The van der Waals surface area contributed by atoms with Gasteiger partial charge in [0.15, 0.2) is 5.82 Å². The van der Waals surface area contributed by atoms with Gasteiger partial charge in [-0.15, -0.1) is 5.10 Å². The zero-order chi connectivity index (χ0) is 31.8. The minimum atomic E-state index is -0.518. The second-order valence-electron chi connectivity index (χ2n) is 13.5. The molecule has 0 N–H and O–H groups in total. The van der Waals surface area contributed by atoms with Crippen molar-refractivity contribution in [2.75, 3.05) is 31.1 Å². The lowest BCUT2D eigenvalue weighted by atomic mass is 9.95. The first-order chi connectivity index (χ1) is 22.4. The van der Waals surface area contributed by atoms with Crippen LogP contribution in [0.4, 0.5) is 14.6 Å². The van der Waals surface area contributed by atoms with E-state index < -0.39 is 12.0 Å². The lowest BCUT2D eigenvalue weighted by Crippen LogP contribution is -2.38. The first-order valence-corrected chi connectivity index (χ1v) is 17.4. The van der Waals surface area contributed by atoms with E-state index in [0.717, 1.165) is 99.3 Å². The second kappa shape index (κ2) is 13.5. The quantitative estimate of drug-likeness (QED) is 0.221. The maximum absolute atomic E-state index is 16.3. The lowest BCUT2D eigenvalue weighted by molar-refractivity contribution is 0.292. The van der Waals surface area contributed by atoms with Crippen LogP contribution in [0.25, 0.3) is 22.2 Å². The van der Waals surface area contributed by atoms with Crippen molar-refractivity contribution in [3.63, 3.8) is 0 Å². The molecule has 8 bridgehead atoms. The number of rotatable bonds is 1. The third kappa shape index (κ3) is 6.47. The van der Waals surface area contributed by atoms with Crippen molar-refractivity contribution < 1.29 is 8.78 Å². The molecule has 9 rings (SSSR count). The highest BCUT2D eigenvalue weighted by molar-refractivity contribution is 6.31. The summed E-state index contributed by atoms with van der Waals surface area (Å²) in [4.78, 5) is 18.7. The van der Waals surface area contributed by atoms with Crippen LogP contribution in [-0.4, -0.2) is 73.2 Å². The number of piperidine rings is 1. The molecule has 8 heterocycles. The van der Waals surface area contributed by atoms with Gasteiger partial charge in [-0.2, -0.15) is 0 Å². The Balaban J connectivity index is 0.000000321. The van der Waals surface area contributed by atoms with Crippen LogP contribution in [-0.2, 0) is 25.8 Å². The van der Waals surface area contributed by atoms with Crippen molar-refractivity contribution >= 4 is 28.3 Å². The summed E-state index contributed by atoms with van der Waals surface area (Å²) in [6.07, 6.45) is 12.9. The molecule has 0 amide bonds. The third-order valence-electron chi connectivity index (χ3n) is 10.0. The van der Waals surface area contributed by atoms with E-state index >= 15 is 4.39 Å². The highest BCUT2D eigenvalue weighted by atomic mass is 35.5. The van der Waals surface area contributed by atoms with E-state index in [0.29, 0.717) is 52.4 Å². The number of hydrogen-bond acceptors (Lipinski definition) is 7. The van der Waals surface area contributed by atoms with E-state index in [1.165, 1.54) is 12.8 Å². The average Bonchev–Trinajstić information content (AvgIpc) is 3.77. The van der Waals surface area contributed by atoms with Crippen molar-refractivity contribution in [2.45, 2.75) is 96.8 Å². The Morgan fingerprint density at radius 1 is 1.00 bits per heavy atom. The highest BCUT2D eigenvalue weighted by Gasteiger charge is 2.34. The van der Waals surface area contributed by atoms with E-state index in [4.69, 9.17) is 16.6 Å². The molecule has 0 saturated carbocycles. The van der Waals surface area contributed by atoms with Crippen molar-refractivity contribution in [3.8, 4) is 11.3 Å². The molecule has 5 aliphatic rings. The number of pyridine rings is 1. The largest absolute Gasteiger partial charge is 0.356 e. The Bertz CT molecular complexity index is 1700. The highest BCUT2D eigenvalue weighted by Crippen LogP contribution is 2.37. The summed E-state index contributed by atoms with van der Waals surface area (Å²) in [5.74, 6) is 1.41. The number of aromatic nitrogens is 6. The fourth-order valence-electron chi connectivity index (χ4n) is 7.76. The smallest absolute Gasteiger partial charge is 0.175 e. The minimum absolute atomic E-state index is 0.306. The minimum Gasteiger partial charge on any atom is -0.356 e. The fourth-order valence-corrected chi connectivity index (χ4v) is 8.13. The zero-order valence-electron chi connectivity index (χ0n) is 26.9. The molecule has 8 nitrogen and oxygen atoms in total. The van der Waals surface area contributed by atoms with Gasteiger partial charge in [0.2, 0.25) is 0 Å².